The molecule has 1 aliphatic rings. The maximum absolute atomic E-state index is 3.73. The lowest BCUT2D eigenvalue weighted by molar-refractivity contribution is 0.545. The highest BCUT2D eigenvalue weighted by molar-refractivity contribution is 8.07. The van der Waals surface area contributed by atoms with Gasteiger partial charge in [-0.1, -0.05) is 44.5 Å². The Kier molecular flexibility index (Phi) is 5.88. The van der Waals surface area contributed by atoms with E-state index in [1.165, 1.54) is 22.4 Å². The molecule has 4 unspecified atom stereocenters. The summed E-state index contributed by atoms with van der Waals surface area (Å²) in [5.41, 5.74) is 4.26. The van der Waals surface area contributed by atoms with Crippen LogP contribution in [-0.4, -0.2) is 28.0 Å². The van der Waals surface area contributed by atoms with Gasteiger partial charge in [0.1, 0.15) is 0 Å². The van der Waals surface area contributed by atoms with Crippen molar-refractivity contribution in [1.82, 2.24) is 5.32 Å². The van der Waals surface area contributed by atoms with Crippen molar-refractivity contribution < 1.29 is 0 Å². The van der Waals surface area contributed by atoms with Gasteiger partial charge in [0, 0.05) is 27.5 Å². The normalized spacial score (nSPS) is 28.4. The zero-order valence-electron chi connectivity index (χ0n) is 13.3. The molecule has 1 aromatic carbocycles. The van der Waals surface area contributed by atoms with E-state index in [0.717, 1.165) is 17.0 Å². The molecule has 1 fully saturated rings. The average Bonchev–Trinajstić information content (AvgIpc) is 2.40. The number of nitrogens with one attached hydrogen (secondary N) is 1. The van der Waals surface area contributed by atoms with Crippen LogP contribution in [0.25, 0.3) is 0 Å². The first-order valence-electron chi connectivity index (χ1n) is 7.60. The topological polar surface area (TPSA) is 12.0 Å². The van der Waals surface area contributed by atoms with Crippen molar-refractivity contribution in [2.75, 3.05) is 12.3 Å². The van der Waals surface area contributed by atoms with Crippen molar-refractivity contribution >= 4 is 23.5 Å². The third-order valence-electron chi connectivity index (χ3n) is 4.13. The van der Waals surface area contributed by atoms with E-state index < -0.39 is 0 Å². The van der Waals surface area contributed by atoms with Crippen LogP contribution < -0.4 is 5.32 Å². The van der Waals surface area contributed by atoms with Gasteiger partial charge in [-0.15, -0.1) is 0 Å². The number of benzene rings is 1. The molecule has 1 nitrogen and oxygen atoms in total. The first kappa shape index (κ1) is 16.3. The summed E-state index contributed by atoms with van der Waals surface area (Å²) in [5, 5.41) is 5.92. The Morgan fingerprint density at radius 3 is 2.60 bits per heavy atom. The smallest absolute Gasteiger partial charge is 0.0451 e. The number of thioether (sulfide) groups is 2. The highest BCUT2D eigenvalue weighted by Gasteiger charge is 2.32. The summed E-state index contributed by atoms with van der Waals surface area (Å²) < 4.78 is 0. The number of hydrogen-bond acceptors (Lipinski definition) is 3. The molecule has 1 N–H and O–H groups in total. The zero-order chi connectivity index (χ0) is 14.7. The molecule has 0 radical (unpaired) electrons. The van der Waals surface area contributed by atoms with Crippen LogP contribution in [0.4, 0.5) is 0 Å². The molecule has 0 saturated carbocycles. The van der Waals surface area contributed by atoms with Gasteiger partial charge >= 0.3 is 0 Å². The fourth-order valence-corrected chi connectivity index (χ4v) is 5.93. The van der Waals surface area contributed by atoms with Crippen molar-refractivity contribution in [2.45, 2.75) is 56.4 Å². The SMILES string of the molecule is CCNC(c1ccc(C)cc1C)C1CSC(C)C(C)S1. The second-order valence-corrected chi connectivity index (χ2v) is 8.84. The van der Waals surface area contributed by atoms with Crippen LogP contribution in [0.15, 0.2) is 18.2 Å². The zero-order valence-corrected chi connectivity index (χ0v) is 14.9. The van der Waals surface area contributed by atoms with Gasteiger partial charge in [0.2, 0.25) is 0 Å². The van der Waals surface area contributed by atoms with Gasteiger partial charge in [0.25, 0.3) is 0 Å². The Morgan fingerprint density at radius 1 is 1.25 bits per heavy atom. The predicted octanol–water partition coefficient (Wildman–Crippen LogP) is 4.58. The van der Waals surface area contributed by atoms with Crippen LogP contribution in [0.2, 0.25) is 0 Å². The lowest BCUT2D eigenvalue weighted by Gasteiger charge is -2.37. The van der Waals surface area contributed by atoms with Crippen molar-refractivity contribution in [3.8, 4) is 0 Å². The minimum absolute atomic E-state index is 0.480. The molecule has 0 amide bonds. The van der Waals surface area contributed by atoms with Crippen LogP contribution in [-0.2, 0) is 0 Å². The molecule has 0 bridgehead atoms. The summed E-state index contributed by atoms with van der Waals surface area (Å²) in [4.78, 5) is 0. The van der Waals surface area contributed by atoms with Crippen LogP contribution in [0.3, 0.4) is 0 Å². The van der Waals surface area contributed by atoms with Crippen molar-refractivity contribution in [3.05, 3.63) is 34.9 Å². The number of aryl methyl sites for hydroxylation is 2. The van der Waals surface area contributed by atoms with Gasteiger partial charge in [-0.05, 0) is 31.5 Å². The standard InChI is InChI=1S/C17H27NS2/c1-6-18-17(15-8-7-11(2)9-12(15)3)16-10-19-13(4)14(5)20-16/h7-9,13-14,16-18H,6,10H2,1-5H3. The van der Waals surface area contributed by atoms with Crippen molar-refractivity contribution in [2.24, 2.45) is 0 Å². The van der Waals surface area contributed by atoms with E-state index in [0.29, 0.717) is 11.3 Å². The summed E-state index contributed by atoms with van der Waals surface area (Å²) in [6, 6.07) is 7.37. The van der Waals surface area contributed by atoms with E-state index in [2.05, 4.69) is 81.7 Å². The first-order valence-corrected chi connectivity index (χ1v) is 9.59. The predicted molar refractivity (Wildman–Crippen MR) is 95.1 cm³/mol. The maximum Gasteiger partial charge on any atom is 0.0451 e. The highest BCUT2D eigenvalue weighted by Crippen LogP contribution is 2.41. The molecule has 0 aromatic heterocycles. The Balaban J connectivity index is 2.22. The lowest BCUT2D eigenvalue weighted by Crippen LogP contribution is -2.37. The fourth-order valence-electron chi connectivity index (χ4n) is 2.82. The van der Waals surface area contributed by atoms with Crippen molar-refractivity contribution in [1.29, 1.82) is 0 Å². The molecule has 112 valence electrons. The van der Waals surface area contributed by atoms with Gasteiger partial charge in [0.05, 0.1) is 0 Å². The van der Waals surface area contributed by atoms with Crippen molar-refractivity contribution in [3.63, 3.8) is 0 Å². The molecule has 1 aromatic rings. The van der Waals surface area contributed by atoms with Gasteiger partial charge in [-0.2, -0.15) is 23.5 Å². The van der Waals surface area contributed by atoms with Crippen LogP contribution in [0.1, 0.15) is 43.5 Å². The summed E-state index contributed by atoms with van der Waals surface area (Å²) in [5.74, 6) is 1.25. The van der Waals surface area contributed by atoms with Gasteiger partial charge in [-0.3, -0.25) is 0 Å². The van der Waals surface area contributed by atoms with E-state index in [-0.39, 0.29) is 0 Å². The first-order chi connectivity index (χ1) is 9.52. The molecule has 0 aliphatic carbocycles. The van der Waals surface area contributed by atoms with E-state index in [1.54, 1.807) is 0 Å². The third-order valence-corrected chi connectivity index (χ3v) is 7.62. The van der Waals surface area contributed by atoms with Gasteiger partial charge in [0.15, 0.2) is 0 Å². The van der Waals surface area contributed by atoms with Crippen LogP contribution in [0, 0.1) is 13.8 Å². The second-order valence-electron chi connectivity index (χ2n) is 5.81. The monoisotopic (exact) mass is 309 g/mol. The lowest BCUT2D eigenvalue weighted by atomic mass is 9.97. The third kappa shape index (κ3) is 3.75. The summed E-state index contributed by atoms with van der Waals surface area (Å²) in [6.45, 7) is 12.4. The van der Waals surface area contributed by atoms with E-state index >= 15 is 0 Å². The molecule has 0 spiro atoms. The minimum atomic E-state index is 0.480. The number of rotatable bonds is 4. The Labute approximate surface area is 132 Å². The summed E-state index contributed by atoms with van der Waals surface area (Å²) >= 11 is 4.30. The molecule has 3 heteroatoms. The highest BCUT2D eigenvalue weighted by atomic mass is 32.2. The quantitative estimate of drug-likeness (QED) is 0.874. The minimum Gasteiger partial charge on any atom is -0.309 e. The van der Waals surface area contributed by atoms with Crippen LogP contribution >= 0.6 is 23.5 Å². The van der Waals surface area contributed by atoms with E-state index in [9.17, 15) is 0 Å². The molecule has 4 atom stereocenters. The fraction of sp³-hybridized carbons (Fsp3) is 0.647. The average molecular weight is 310 g/mol. The summed E-state index contributed by atoms with van der Waals surface area (Å²) in [7, 11) is 0. The van der Waals surface area contributed by atoms with E-state index in [1.807, 2.05) is 0 Å². The molecule has 1 aliphatic heterocycles. The Bertz CT molecular complexity index is 447. The molecule has 1 heterocycles. The molecule has 1 saturated heterocycles. The largest absolute Gasteiger partial charge is 0.309 e. The molecule has 20 heavy (non-hydrogen) atoms. The molecular formula is C17H27NS2. The Morgan fingerprint density at radius 2 is 2.00 bits per heavy atom. The summed E-state index contributed by atoms with van der Waals surface area (Å²) in [6.07, 6.45) is 0. The van der Waals surface area contributed by atoms with Crippen LogP contribution in [0.5, 0.6) is 0 Å². The molecule has 2 rings (SSSR count). The Hall–Kier alpha value is -0.120. The van der Waals surface area contributed by atoms with Gasteiger partial charge in [-0.25, -0.2) is 0 Å². The molecular weight excluding hydrogens is 282 g/mol. The second kappa shape index (κ2) is 7.24. The van der Waals surface area contributed by atoms with Gasteiger partial charge < -0.3 is 5.32 Å². The number of hydrogen-bond donors (Lipinski definition) is 1. The van der Waals surface area contributed by atoms with E-state index in [4.69, 9.17) is 0 Å². The maximum atomic E-state index is 3.73.